The molecule has 0 aliphatic rings. The van der Waals surface area contributed by atoms with Crippen LogP contribution < -0.4 is 20.9 Å². The molecular weight excluding hydrogens is 488 g/mol. The maximum absolute atomic E-state index is 13.3. The first kappa shape index (κ1) is 26.0. The molecule has 6 nitrogen and oxygen atoms in total. The lowest BCUT2D eigenvalue weighted by atomic mass is 10.0. The molecule has 0 radical (unpaired) electrons. The van der Waals surface area contributed by atoms with Crippen molar-refractivity contribution in [1.29, 1.82) is 0 Å². The lowest BCUT2D eigenvalue weighted by molar-refractivity contribution is 0.0480. The Hall–Kier alpha value is -4.65. The second-order valence-corrected chi connectivity index (χ2v) is 9.07. The third-order valence-corrected chi connectivity index (χ3v) is 6.41. The van der Waals surface area contributed by atoms with Crippen molar-refractivity contribution in [2.24, 2.45) is 5.90 Å². The molecule has 5 rings (SSSR count). The summed E-state index contributed by atoms with van der Waals surface area (Å²) in [6.45, 7) is 0.223. The predicted molar refractivity (Wildman–Crippen MR) is 151 cm³/mol. The second-order valence-electron chi connectivity index (χ2n) is 9.07. The number of nitrogens with zero attached hydrogens (tertiary/aromatic N) is 1. The smallest absolute Gasteiger partial charge is 0.223 e. The van der Waals surface area contributed by atoms with E-state index in [2.05, 4.69) is 0 Å². The molecule has 2 N–H and O–H groups in total. The van der Waals surface area contributed by atoms with E-state index >= 15 is 0 Å². The van der Waals surface area contributed by atoms with E-state index in [-0.39, 0.29) is 17.8 Å². The number of ether oxygens (including phenoxy) is 1. The number of hydrogen-bond donors (Lipinski definition) is 1. The highest BCUT2D eigenvalue weighted by atomic mass is 16.7. The molecular formula is C33H30N2O4. The molecule has 196 valence electrons. The summed E-state index contributed by atoms with van der Waals surface area (Å²) in [4.78, 5) is 24.7. The van der Waals surface area contributed by atoms with Gasteiger partial charge in [-0.1, -0.05) is 121 Å². The van der Waals surface area contributed by atoms with Crippen LogP contribution >= 0.6 is 0 Å². The number of hydrogen-bond acceptors (Lipinski definition) is 5. The lowest BCUT2D eigenvalue weighted by Crippen LogP contribution is -2.26. The molecule has 5 aromatic rings. The van der Waals surface area contributed by atoms with Gasteiger partial charge in [-0.2, -0.15) is 4.73 Å². The summed E-state index contributed by atoms with van der Waals surface area (Å²) in [5.74, 6) is 5.49. The predicted octanol–water partition coefficient (Wildman–Crippen LogP) is 5.67. The summed E-state index contributed by atoms with van der Waals surface area (Å²) in [6, 6.07) is 41.1. The van der Waals surface area contributed by atoms with Crippen molar-refractivity contribution in [3.63, 3.8) is 0 Å². The van der Waals surface area contributed by atoms with Crippen molar-refractivity contribution in [3.8, 4) is 5.75 Å². The average Bonchev–Trinajstić information content (AvgIpc) is 3.00. The summed E-state index contributed by atoms with van der Waals surface area (Å²) in [7, 11) is 0. The van der Waals surface area contributed by atoms with Gasteiger partial charge < -0.3 is 14.4 Å². The van der Waals surface area contributed by atoms with Crippen molar-refractivity contribution in [2.75, 3.05) is 6.61 Å². The van der Waals surface area contributed by atoms with E-state index in [1.54, 1.807) is 10.9 Å². The monoisotopic (exact) mass is 518 g/mol. The van der Waals surface area contributed by atoms with E-state index in [1.807, 2.05) is 121 Å². The van der Waals surface area contributed by atoms with Gasteiger partial charge in [0.2, 0.25) is 5.43 Å². The molecule has 0 amide bonds. The summed E-state index contributed by atoms with van der Waals surface area (Å²) in [6.07, 6.45) is 1.08. The molecule has 1 heterocycles. The summed E-state index contributed by atoms with van der Waals surface area (Å²) >= 11 is 0. The first-order chi connectivity index (χ1) is 19.2. The molecule has 0 saturated carbocycles. The van der Waals surface area contributed by atoms with Gasteiger partial charge in [-0.05, 0) is 22.3 Å². The zero-order valence-corrected chi connectivity index (χ0v) is 21.4. The fraction of sp³-hybridized carbons (Fsp3) is 0.121. The molecule has 0 unspecified atom stereocenters. The fourth-order valence-electron chi connectivity index (χ4n) is 4.47. The standard InChI is InChI=1S/C33H30N2O4/c34-37-22-21-29-23-30(36)31(38-32(25-13-5-1-6-14-25)26-15-7-2-8-16-26)24-35(29)39-33(27-17-9-3-10-18-27)28-19-11-4-12-20-28/h1-20,23-24,32-33H,21-22,34H2. The molecule has 0 fully saturated rings. The highest BCUT2D eigenvalue weighted by Crippen LogP contribution is 2.28. The summed E-state index contributed by atoms with van der Waals surface area (Å²) in [5.41, 5.74) is 4.17. The molecule has 0 aliphatic carbocycles. The van der Waals surface area contributed by atoms with Crippen LogP contribution in [0.2, 0.25) is 0 Å². The van der Waals surface area contributed by atoms with Gasteiger partial charge in [0.15, 0.2) is 11.9 Å². The maximum atomic E-state index is 13.3. The van der Waals surface area contributed by atoms with E-state index in [4.69, 9.17) is 20.3 Å². The topological polar surface area (TPSA) is 75.7 Å². The number of nitrogens with two attached hydrogens (primary N) is 1. The second kappa shape index (κ2) is 12.7. The maximum Gasteiger partial charge on any atom is 0.223 e. The van der Waals surface area contributed by atoms with Crippen molar-refractivity contribution >= 4 is 0 Å². The number of rotatable bonds is 11. The van der Waals surface area contributed by atoms with Crippen molar-refractivity contribution in [2.45, 2.75) is 18.6 Å². The van der Waals surface area contributed by atoms with Gasteiger partial charge in [0, 0.05) is 12.5 Å². The zero-order chi connectivity index (χ0) is 26.9. The van der Waals surface area contributed by atoms with Gasteiger partial charge in [-0.15, -0.1) is 0 Å². The van der Waals surface area contributed by atoms with E-state index in [0.717, 1.165) is 22.3 Å². The van der Waals surface area contributed by atoms with Crippen LogP contribution in [0.1, 0.15) is 40.2 Å². The largest absolute Gasteiger partial charge is 0.475 e. The Morgan fingerprint density at radius 2 is 1.08 bits per heavy atom. The Labute approximate surface area is 227 Å². The molecule has 0 bridgehead atoms. The number of pyridine rings is 1. The van der Waals surface area contributed by atoms with Crippen molar-refractivity contribution in [1.82, 2.24) is 4.73 Å². The highest BCUT2D eigenvalue weighted by Gasteiger charge is 2.21. The van der Waals surface area contributed by atoms with Crippen molar-refractivity contribution in [3.05, 3.63) is 172 Å². The van der Waals surface area contributed by atoms with E-state index in [9.17, 15) is 4.79 Å². The van der Waals surface area contributed by atoms with Gasteiger partial charge in [-0.25, -0.2) is 5.90 Å². The van der Waals surface area contributed by atoms with E-state index < -0.39 is 12.2 Å². The Bertz CT molecular complexity index is 1430. The normalized spacial score (nSPS) is 11.1. The molecule has 6 heteroatoms. The van der Waals surface area contributed by atoms with Crippen LogP contribution in [0, 0.1) is 0 Å². The van der Waals surface area contributed by atoms with Gasteiger partial charge in [0.05, 0.1) is 18.5 Å². The van der Waals surface area contributed by atoms with Gasteiger partial charge in [0.1, 0.15) is 6.10 Å². The summed E-state index contributed by atoms with van der Waals surface area (Å²) < 4.78 is 8.05. The minimum atomic E-state index is -0.481. The van der Waals surface area contributed by atoms with Gasteiger partial charge in [0.25, 0.3) is 0 Å². The highest BCUT2D eigenvalue weighted by molar-refractivity contribution is 5.34. The van der Waals surface area contributed by atoms with E-state index in [0.29, 0.717) is 12.1 Å². The molecule has 0 atom stereocenters. The van der Waals surface area contributed by atoms with Crippen LogP contribution in [-0.4, -0.2) is 11.3 Å². The molecule has 4 aromatic carbocycles. The molecule has 0 aliphatic heterocycles. The van der Waals surface area contributed by atoms with Crippen LogP contribution in [0.5, 0.6) is 5.75 Å². The minimum absolute atomic E-state index is 0.171. The van der Waals surface area contributed by atoms with Crippen LogP contribution in [0.15, 0.2) is 138 Å². The van der Waals surface area contributed by atoms with Crippen LogP contribution in [-0.2, 0) is 11.3 Å². The molecule has 0 saturated heterocycles. The Morgan fingerprint density at radius 1 is 0.641 bits per heavy atom. The Balaban J connectivity index is 1.56. The Kier molecular flexibility index (Phi) is 8.48. The van der Waals surface area contributed by atoms with Gasteiger partial charge in [-0.3, -0.25) is 4.79 Å². The molecule has 0 spiro atoms. The fourth-order valence-corrected chi connectivity index (χ4v) is 4.47. The number of aromatic nitrogens is 1. The summed E-state index contributed by atoms with van der Waals surface area (Å²) in [5, 5.41) is 0. The zero-order valence-electron chi connectivity index (χ0n) is 21.4. The lowest BCUT2D eigenvalue weighted by Gasteiger charge is -2.25. The van der Waals surface area contributed by atoms with Gasteiger partial charge >= 0.3 is 0 Å². The molecule has 1 aromatic heterocycles. The van der Waals surface area contributed by atoms with E-state index in [1.165, 1.54) is 6.07 Å². The quantitative estimate of drug-likeness (QED) is 0.228. The third kappa shape index (κ3) is 6.44. The molecule has 39 heavy (non-hydrogen) atoms. The van der Waals surface area contributed by atoms with Crippen molar-refractivity contribution < 1.29 is 14.4 Å². The number of benzene rings is 4. The first-order valence-electron chi connectivity index (χ1n) is 12.8. The SMILES string of the molecule is NOCCc1cc(=O)c(OC(c2ccccc2)c2ccccc2)cn1OC(c1ccccc1)c1ccccc1. The third-order valence-electron chi connectivity index (χ3n) is 6.41. The Morgan fingerprint density at radius 3 is 1.51 bits per heavy atom. The van der Waals surface area contributed by atoms with Crippen LogP contribution in [0.3, 0.4) is 0 Å². The average molecular weight is 519 g/mol. The van der Waals surface area contributed by atoms with Crippen LogP contribution in [0.25, 0.3) is 0 Å². The minimum Gasteiger partial charge on any atom is -0.475 e. The first-order valence-corrected chi connectivity index (χ1v) is 12.8. The van der Waals surface area contributed by atoms with Crippen LogP contribution in [0.4, 0.5) is 0 Å².